The third-order valence-corrected chi connectivity index (χ3v) is 12.0. The van der Waals surface area contributed by atoms with Crippen LogP contribution in [0.3, 0.4) is 0 Å². The van der Waals surface area contributed by atoms with Crippen molar-refractivity contribution in [3.05, 3.63) is 36.5 Å². The van der Waals surface area contributed by atoms with Gasteiger partial charge in [0.1, 0.15) is 6.61 Å². The maximum Gasteiger partial charge on any atom is 0.472 e. The fourth-order valence-electron chi connectivity index (χ4n) is 7.20. The van der Waals surface area contributed by atoms with E-state index in [0.717, 1.165) is 51.4 Å². The van der Waals surface area contributed by atoms with E-state index in [1.165, 1.54) is 161 Å². The Bertz CT molecular complexity index is 1100. The van der Waals surface area contributed by atoms with E-state index in [-0.39, 0.29) is 32.6 Å². The summed E-state index contributed by atoms with van der Waals surface area (Å²) < 4.78 is 32.9. The molecule has 2 atom stereocenters. The van der Waals surface area contributed by atoms with Crippen molar-refractivity contribution in [3.8, 4) is 0 Å². The third-order valence-electron chi connectivity index (χ3n) is 11.0. The largest absolute Gasteiger partial charge is 0.472 e. The van der Waals surface area contributed by atoms with Crippen molar-refractivity contribution in [1.29, 1.82) is 0 Å². The zero-order chi connectivity index (χ0) is 44.6. The maximum absolute atomic E-state index is 12.6. The maximum atomic E-state index is 12.6. The second-order valence-corrected chi connectivity index (χ2v) is 18.5. The summed E-state index contributed by atoms with van der Waals surface area (Å²) >= 11 is 0. The van der Waals surface area contributed by atoms with Crippen molar-refractivity contribution in [1.82, 2.24) is 0 Å². The summed E-state index contributed by atoms with van der Waals surface area (Å²) in [5.41, 5.74) is 5.36. The first-order chi connectivity index (χ1) is 29.8. The van der Waals surface area contributed by atoms with Crippen molar-refractivity contribution < 1.29 is 37.6 Å². The van der Waals surface area contributed by atoms with Crippen LogP contribution in [0.2, 0.25) is 0 Å². The van der Waals surface area contributed by atoms with Gasteiger partial charge in [-0.3, -0.25) is 18.6 Å². The van der Waals surface area contributed by atoms with Gasteiger partial charge >= 0.3 is 19.8 Å². The Hall–Kier alpha value is -1.77. The van der Waals surface area contributed by atoms with Crippen LogP contribution in [-0.4, -0.2) is 49.3 Å². The van der Waals surface area contributed by atoms with E-state index in [9.17, 15) is 19.0 Å². The van der Waals surface area contributed by atoms with Crippen LogP contribution in [0.15, 0.2) is 36.5 Å². The number of ether oxygens (including phenoxy) is 2. The predicted molar refractivity (Wildman–Crippen MR) is 257 cm³/mol. The van der Waals surface area contributed by atoms with E-state index < -0.39 is 32.5 Å². The Morgan fingerprint density at radius 2 is 0.869 bits per heavy atom. The minimum atomic E-state index is -4.39. The number of phosphoric acid groups is 1. The molecule has 0 aromatic rings. The quantitative estimate of drug-likeness (QED) is 0.0265. The molecule has 0 saturated carbocycles. The monoisotopic (exact) mass is 882 g/mol. The summed E-state index contributed by atoms with van der Waals surface area (Å²) in [6, 6.07) is 0. The molecule has 0 bridgehead atoms. The summed E-state index contributed by atoms with van der Waals surface area (Å²) in [5.74, 6) is -0.867. The molecule has 0 fully saturated rings. The number of unbranched alkanes of at least 4 members (excludes halogenated alkanes) is 29. The highest BCUT2D eigenvalue weighted by Gasteiger charge is 2.26. The molecule has 61 heavy (non-hydrogen) atoms. The van der Waals surface area contributed by atoms with Gasteiger partial charge < -0.3 is 20.1 Å². The summed E-state index contributed by atoms with van der Waals surface area (Å²) in [6.45, 7) is 3.70. The van der Waals surface area contributed by atoms with Gasteiger partial charge in [0.25, 0.3) is 0 Å². The lowest BCUT2D eigenvalue weighted by molar-refractivity contribution is -0.161. The Kier molecular flexibility index (Phi) is 46.3. The first kappa shape index (κ1) is 59.2. The van der Waals surface area contributed by atoms with E-state index in [4.69, 9.17) is 24.3 Å². The Morgan fingerprint density at radius 3 is 1.34 bits per heavy atom. The van der Waals surface area contributed by atoms with Crippen LogP contribution >= 0.6 is 7.82 Å². The van der Waals surface area contributed by atoms with E-state index in [2.05, 4.69) is 50.3 Å². The number of carbonyl (C=O) groups excluding carboxylic acids is 2. The predicted octanol–water partition coefficient (Wildman–Crippen LogP) is 15.3. The number of hydrogen-bond donors (Lipinski definition) is 2. The van der Waals surface area contributed by atoms with Crippen LogP contribution in [-0.2, 0) is 32.7 Å². The lowest BCUT2D eigenvalue weighted by atomic mass is 10.0. The number of allylic oxidation sites excluding steroid dienone is 6. The first-order valence-corrected chi connectivity index (χ1v) is 27.0. The molecule has 0 aromatic heterocycles. The number of carbonyl (C=O) groups is 2. The van der Waals surface area contributed by atoms with Crippen LogP contribution in [0.1, 0.15) is 245 Å². The summed E-state index contributed by atoms with van der Waals surface area (Å²) in [7, 11) is -4.39. The number of nitrogens with two attached hydrogens (primary N) is 1. The lowest BCUT2D eigenvalue weighted by Gasteiger charge is -2.19. The van der Waals surface area contributed by atoms with Crippen LogP contribution in [0, 0.1) is 0 Å². The fourth-order valence-corrected chi connectivity index (χ4v) is 7.97. The van der Waals surface area contributed by atoms with Gasteiger partial charge in [0, 0.05) is 19.4 Å². The highest BCUT2D eigenvalue weighted by molar-refractivity contribution is 7.47. The van der Waals surface area contributed by atoms with Gasteiger partial charge in [0.15, 0.2) is 6.10 Å². The molecular weight excluding hydrogens is 786 g/mol. The van der Waals surface area contributed by atoms with Crippen LogP contribution in [0.5, 0.6) is 0 Å². The molecule has 0 aliphatic carbocycles. The van der Waals surface area contributed by atoms with Crippen LogP contribution in [0.4, 0.5) is 0 Å². The van der Waals surface area contributed by atoms with Gasteiger partial charge in [0.05, 0.1) is 13.2 Å². The SMILES string of the molecule is CCCCC/C=C/C/C=C/CCCCCCCCCC(=O)OC[C@H](COP(=O)(O)OCCN)OC(=O)CCC/C=C/CCCCCCCCCCCCCCCCCCCC. The highest BCUT2D eigenvalue weighted by atomic mass is 31.2. The zero-order valence-corrected chi connectivity index (χ0v) is 40.5. The van der Waals surface area contributed by atoms with Crippen LogP contribution < -0.4 is 5.73 Å². The molecule has 0 amide bonds. The van der Waals surface area contributed by atoms with Crippen molar-refractivity contribution in [2.45, 2.75) is 251 Å². The fraction of sp³-hybridized carbons (Fsp3) is 0.843. The third kappa shape index (κ3) is 47.5. The number of phosphoric ester groups is 1. The number of hydrogen-bond acceptors (Lipinski definition) is 8. The van der Waals surface area contributed by atoms with Gasteiger partial charge in [-0.05, 0) is 64.2 Å². The minimum Gasteiger partial charge on any atom is -0.462 e. The van der Waals surface area contributed by atoms with Crippen molar-refractivity contribution in [2.75, 3.05) is 26.4 Å². The van der Waals surface area contributed by atoms with Gasteiger partial charge in [-0.15, -0.1) is 0 Å². The molecule has 10 heteroatoms. The molecule has 0 aliphatic rings. The molecular formula is C51H96NO8P. The summed E-state index contributed by atoms with van der Waals surface area (Å²) in [6.07, 6.45) is 54.8. The average molecular weight is 882 g/mol. The standard InChI is InChI=1S/C51H96NO8P/c1-3-5-7-9-11-13-15-17-19-21-22-23-24-25-26-28-30-32-34-36-38-40-42-44-51(54)60-49(48-59-61(55,56)58-46-45-52)47-57-50(53)43-41-39-37-35-33-31-29-27-20-18-16-14-12-10-8-6-4-2/h12,14,18,20,36,38,49H,3-11,13,15-17,19,21-35,37,39-48,52H2,1-2H3,(H,55,56)/b14-12+,20-18+,38-36+/t49-/m1/s1. The summed E-state index contributed by atoms with van der Waals surface area (Å²) in [5, 5.41) is 0. The van der Waals surface area contributed by atoms with E-state index >= 15 is 0 Å². The van der Waals surface area contributed by atoms with Crippen molar-refractivity contribution in [2.24, 2.45) is 5.73 Å². The molecule has 3 N–H and O–H groups in total. The molecule has 0 spiro atoms. The number of rotatable bonds is 48. The first-order valence-electron chi connectivity index (χ1n) is 25.5. The van der Waals surface area contributed by atoms with E-state index in [1.54, 1.807) is 0 Å². The van der Waals surface area contributed by atoms with Gasteiger partial charge in [-0.2, -0.15) is 0 Å². The number of esters is 2. The molecule has 358 valence electrons. The van der Waals surface area contributed by atoms with Gasteiger partial charge in [-0.1, -0.05) is 204 Å². The topological polar surface area (TPSA) is 134 Å². The normalized spacial score (nSPS) is 13.4. The summed E-state index contributed by atoms with van der Waals surface area (Å²) in [4.78, 5) is 35.0. The molecule has 0 radical (unpaired) electrons. The van der Waals surface area contributed by atoms with Gasteiger partial charge in [0.2, 0.25) is 0 Å². The Balaban J connectivity index is 4.06. The lowest BCUT2D eigenvalue weighted by Crippen LogP contribution is -2.29. The second-order valence-electron chi connectivity index (χ2n) is 17.0. The Labute approximate surface area is 375 Å². The molecule has 0 saturated heterocycles. The van der Waals surface area contributed by atoms with Crippen molar-refractivity contribution >= 4 is 19.8 Å². The smallest absolute Gasteiger partial charge is 0.462 e. The highest BCUT2D eigenvalue weighted by Crippen LogP contribution is 2.43. The Morgan fingerprint density at radius 1 is 0.492 bits per heavy atom. The van der Waals surface area contributed by atoms with Crippen LogP contribution in [0.25, 0.3) is 0 Å². The van der Waals surface area contributed by atoms with Crippen molar-refractivity contribution in [3.63, 3.8) is 0 Å². The average Bonchev–Trinajstić information content (AvgIpc) is 3.25. The van der Waals surface area contributed by atoms with E-state index in [1.807, 2.05) is 0 Å². The minimum absolute atomic E-state index is 0.0487. The second kappa shape index (κ2) is 47.7. The van der Waals surface area contributed by atoms with E-state index in [0.29, 0.717) is 6.42 Å². The molecule has 0 aliphatic heterocycles. The molecule has 1 unspecified atom stereocenters. The molecule has 0 rings (SSSR count). The zero-order valence-electron chi connectivity index (χ0n) is 39.7. The molecule has 0 heterocycles. The van der Waals surface area contributed by atoms with Gasteiger partial charge in [-0.25, -0.2) is 4.57 Å². The molecule has 9 nitrogen and oxygen atoms in total. The molecule has 0 aromatic carbocycles.